The molecule has 16 heavy (non-hydrogen) atoms. The summed E-state index contributed by atoms with van der Waals surface area (Å²) in [6.45, 7) is 1.81. The smallest absolute Gasteiger partial charge is 0.253 e. The van der Waals surface area contributed by atoms with Crippen molar-refractivity contribution in [1.82, 2.24) is 0 Å². The Kier molecular flexibility index (Phi) is 2.86. The molecule has 0 atom stereocenters. The molecule has 0 N–H and O–H groups in total. The van der Waals surface area contributed by atoms with Crippen molar-refractivity contribution in [3.8, 4) is 0 Å². The Balaban J connectivity index is 2.31. The second kappa shape index (κ2) is 4.31. The Morgan fingerprint density at radius 2 is 1.88 bits per heavy atom. The largest absolute Gasteiger partial charge is 0.259 e. The number of hydrogen-bond donors (Lipinski definition) is 0. The fourth-order valence-electron chi connectivity index (χ4n) is 1.82. The van der Waals surface area contributed by atoms with Gasteiger partial charge in [0.15, 0.2) is 0 Å². The lowest BCUT2D eigenvalue weighted by molar-refractivity contribution is -0.424. The summed E-state index contributed by atoms with van der Waals surface area (Å²) >= 11 is 0. The molecule has 0 aliphatic heterocycles. The van der Waals surface area contributed by atoms with E-state index >= 15 is 0 Å². The third-order valence-electron chi connectivity index (χ3n) is 2.68. The van der Waals surface area contributed by atoms with Gasteiger partial charge >= 0.3 is 0 Å². The number of nitrogens with zero attached hydrogens (tertiary/aromatic N) is 1. The van der Waals surface area contributed by atoms with Crippen molar-refractivity contribution in [1.29, 1.82) is 0 Å². The molecule has 2 rings (SSSR count). The van der Waals surface area contributed by atoms with Gasteiger partial charge in [-0.05, 0) is 24.5 Å². The molecular weight excluding hydrogens is 202 g/mol. The number of nitro groups is 1. The van der Waals surface area contributed by atoms with Crippen LogP contribution in [-0.4, -0.2) is 4.92 Å². The fraction of sp³-hybridized carbons (Fsp3) is 0.154. The highest BCUT2D eigenvalue weighted by Crippen LogP contribution is 2.32. The minimum Gasteiger partial charge on any atom is -0.259 e. The van der Waals surface area contributed by atoms with E-state index in [0.29, 0.717) is 6.42 Å². The van der Waals surface area contributed by atoms with E-state index in [1.165, 1.54) is 0 Å². The van der Waals surface area contributed by atoms with E-state index < -0.39 is 0 Å². The molecule has 0 unspecified atom stereocenters. The van der Waals surface area contributed by atoms with Gasteiger partial charge in [0.25, 0.3) is 5.70 Å². The van der Waals surface area contributed by atoms with E-state index in [0.717, 1.165) is 17.1 Å². The molecule has 0 fully saturated rings. The van der Waals surface area contributed by atoms with Gasteiger partial charge in [-0.1, -0.05) is 36.4 Å². The fourth-order valence-corrected chi connectivity index (χ4v) is 1.82. The van der Waals surface area contributed by atoms with Gasteiger partial charge < -0.3 is 0 Å². The maximum atomic E-state index is 10.7. The predicted molar refractivity (Wildman–Crippen MR) is 63.0 cm³/mol. The Labute approximate surface area is 94.3 Å². The molecule has 81 valence electrons. The highest BCUT2D eigenvalue weighted by molar-refractivity contribution is 5.71. The van der Waals surface area contributed by atoms with Gasteiger partial charge in [0.2, 0.25) is 0 Å². The molecule has 1 aromatic rings. The maximum absolute atomic E-state index is 10.7. The van der Waals surface area contributed by atoms with E-state index in [4.69, 9.17) is 0 Å². The van der Waals surface area contributed by atoms with Crippen LogP contribution in [0.5, 0.6) is 0 Å². The summed E-state index contributed by atoms with van der Waals surface area (Å²) in [4.78, 5) is 10.4. The minimum atomic E-state index is -0.326. The monoisotopic (exact) mass is 214 g/mol. The second-order valence-corrected chi connectivity index (χ2v) is 3.82. The molecule has 0 amide bonds. The van der Waals surface area contributed by atoms with Gasteiger partial charge in [0.1, 0.15) is 0 Å². The van der Waals surface area contributed by atoms with E-state index in [2.05, 4.69) is 0 Å². The average molecular weight is 214 g/mol. The molecule has 0 spiro atoms. The molecule has 3 heteroatoms. The van der Waals surface area contributed by atoms with Crippen molar-refractivity contribution in [2.24, 2.45) is 0 Å². The first-order chi connectivity index (χ1) is 7.68. The Bertz CT molecular complexity index is 460. The van der Waals surface area contributed by atoms with Crippen LogP contribution in [0.3, 0.4) is 0 Å². The van der Waals surface area contributed by atoms with Crippen LogP contribution < -0.4 is 0 Å². The molecule has 3 nitrogen and oxygen atoms in total. The van der Waals surface area contributed by atoms with E-state index in [1.54, 1.807) is 6.08 Å². The van der Waals surface area contributed by atoms with Crippen LogP contribution in [0.1, 0.15) is 18.9 Å². The Morgan fingerprint density at radius 1 is 1.19 bits per heavy atom. The second-order valence-electron chi connectivity index (χ2n) is 3.82. The first-order valence-corrected chi connectivity index (χ1v) is 5.12. The van der Waals surface area contributed by atoms with Gasteiger partial charge in [-0.25, -0.2) is 0 Å². The summed E-state index contributed by atoms with van der Waals surface area (Å²) in [6.07, 6.45) is 4.07. The Hall–Kier alpha value is -1.90. The van der Waals surface area contributed by atoms with Crippen molar-refractivity contribution in [3.63, 3.8) is 0 Å². The summed E-state index contributed by atoms with van der Waals surface area (Å²) in [5.74, 6) is 0.811. The van der Waals surface area contributed by atoms with Gasteiger partial charge in [0, 0.05) is 6.08 Å². The standard InChI is InChI=1S/C13H12NO2/c1-10-9-12(7-8-13(10)14(15)16)11-5-3-2-4-6-11/h2-8H,9H2,1H3. The molecule has 1 aliphatic carbocycles. The summed E-state index contributed by atoms with van der Waals surface area (Å²) in [7, 11) is 0. The van der Waals surface area contributed by atoms with Crippen LogP contribution in [0.15, 0.2) is 48.2 Å². The van der Waals surface area contributed by atoms with E-state index in [-0.39, 0.29) is 10.6 Å². The van der Waals surface area contributed by atoms with Crippen molar-refractivity contribution in [2.75, 3.05) is 0 Å². The topological polar surface area (TPSA) is 43.1 Å². The number of hydrogen-bond acceptors (Lipinski definition) is 2. The molecular formula is C13H12NO2. The SMILES string of the molecule is C[C]1CC(c2ccccc2)=CC=C1[N+](=O)[O-]. The highest BCUT2D eigenvalue weighted by Gasteiger charge is 2.25. The van der Waals surface area contributed by atoms with Crippen LogP contribution in [0.2, 0.25) is 0 Å². The van der Waals surface area contributed by atoms with Crippen molar-refractivity contribution in [3.05, 3.63) is 69.8 Å². The zero-order chi connectivity index (χ0) is 11.5. The van der Waals surface area contributed by atoms with Crippen LogP contribution >= 0.6 is 0 Å². The van der Waals surface area contributed by atoms with Gasteiger partial charge in [-0.3, -0.25) is 10.1 Å². The van der Waals surface area contributed by atoms with E-state index in [9.17, 15) is 10.1 Å². The van der Waals surface area contributed by atoms with Gasteiger partial charge in [-0.15, -0.1) is 0 Å². The molecule has 1 radical (unpaired) electrons. The lowest BCUT2D eigenvalue weighted by Gasteiger charge is -2.15. The molecule has 0 aromatic heterocycles. The minimum absolute atomic E-state index is 0.222. The number of allylic oxidation sites excluding steroid dienone is 4. The van der Waals surface area contributed by atoms with Gasteiger partial charge in [-0.2, -0.15) is 0 Å². The molecule has 0 saturated carbocycles. The summed E-state index contributed by atoms with van der Waals surface area (Å²) in [6, 6.07) is 9.94. The van der Waals surface area contributed by atoms with Crippen molar-refractivity contribution < 1.29 is 4.92 Å². The van der Waals surface area contributed by atoms with Crippen LogP contribution in [0.4, 0.5) is 0 Å². The average Bonchev–Trinajstić information content (AvgIpc) is 2.29. The molecule has 0 saturated heterocycles. The van der Waals surface area contributed by atoms with Crippen molar-refractivity contribution in [2.45, 2.75) is 13.3 Å². The molecule has 1 aliphatic rings. The predicted octanol–water partition coefficient (Wildman–Crippen LogP) is 3.23. The van der Waals surface area contributed by atoms with Gasteiger partial charge in [0.05, 0.1) is 10.8 Å². The summed E-state index contributed by atoms with van der Waals surface area (Å²) in [5, 5.41) is 10.7. The maximum Gasteiger partial charge on any atom is 0.253 e. The molecule has 0 bridgehead atoms. The zero-order valence-electron chi connectivity index (χ0n) is 9.01. The first kappa shape index (κ1) is 10.6. The molecule has 0 heterocycles. The zero-order valence-corrected chi connectivity index (χ0v) is 9.01. The Morgan fingerprint density at radius 3 is 2.44 bits per heavy atom. The lowest BCUT2D eigenvalue weighted by atomic mass is 9.89. The summed E-state index contributed by atoms with van der Waals surface area (Å²) < 4.78 is 0. The van der Waals surface area contributed by atoms with Crippen molar-refractivity contribution >= 4 is 5.57 Å². The number of benzene rings is 1. The lowest BCUT2D eigenvalue weighted by Crippen LogP contribution is -2.10. The number of rotatable bonds is 2. The molecule has 1 aromatic carbocycles. The van der Waals surface area contributed by atoms with Crippen LogP contribution in [0.25, 0.3) is 5.57 Å². The highest BCUT2D eigenvalue weighted by atomic mass is 16.6. The third-order valence-corrected chi connectivity index (χ3v) is 2.68. The van der Waals surface area contributed by atoms with E-state index in [1.807, 2.05) is 43.3 Å². The quantitative estimate of drug-likeness (QED) is 0.560. The van der Waals surface area contributed by atoms with Crippen LogP contribution in [-0.2, 0) is 0 Å². The summed E-state index contributed by atoms with van der Waals surface area (Å²) in [5.41, 5.74) is 2.48. The third kappa shape index (κ3) is 2.03. The normalized spacial score (nSPS) is 16.6. The van der Waals surface area contributed by atoms with Crippen LogP contribution in [0, 0.1) is 16.0 Å². The first-order valence-electron chi connectivity index (χ1n) is 5.12.